The summed E-state index contributed by atoms with van der Waals surface area (Å²) in [6.45, 7) is 0.671. The fourth-order valence-corrected chi connectivity index (χ4v) is 2.76. The van der Waals surface area contributed by atoms with Crippen LogP contribution in [-0.2, 0) is 15.1 Å². The number of hydrogen-bond acceptors (Lipinski definition) is 3. The number of para-hydroxylation sites is 1. The second kappa shape index (κ2) is 6.75. The zero-order valence-electron chi connectivity index (χ0n) is 14.1. The maximum absolute atomic E-state index is 13.6. The summed E-state index contributed by atoms with van der Waals surface area (Å²) >= 11 is 0. The molecule has 0 aliphatic carbocycles. The molecule has 6 nitrogen and oxygen atoms in total. The minimum Gasteiger partial charge on any atom is -0.320 e. The number of nitrogens with one attached hydrogen (secondary N) is 2. The number of hydrogen-bond donors (Lipinski definition) is 2. The van der Waals surface area contributed by atoms with Gasteiger partial charge in [0.15, 0.2) is 0 Å². The highest BCUT2D eigenvalue weighted by molar-refractivity contribution is 6.10. The first-order valence-electron chi connectivity index (χ1n) is 7.86. The Labute approximate surface area is 152 Å². The Hall–Kier alpha value is -3.36. The molecule has 140 valence electrons. The van der Waals surface area contributed by atoms with Crippen LogP contribution in [0.5, 0.6) is 0 Å². The molecule has 2 aromatic rings. The summed E-state index contributed by atoms with van der Waals surface area (Å²) in [6.07, 6.45) is 0. The van der Waals surface area contributed by atoms with Crippen molar-refractivity contribution >= 4 is 23.5 Å². The van der Waals surface area contributed by atoms with Gasteiger partial charge in [-0.2, -0.15) is 0 Å². The number of amides is 4. The summed E-state index contributed by atoms with van der Waals surface area (Å²) in [5.74, 6) is -4.19. The molecule has 1 aliphatic heterocycles. The molecule has 2 aromatic carbocycles. The quantitative estimate of drug-likeness (QED) is 0.804. The zero-order valence-corrected chi connectivity index (χ0v) is 14.1. The molecule has 0 saturated carbocycles. The molecule has 1 atom stereocenters. The van der Waals surface area contributed by atoms with E-state index in [1.54, 1.807) is 0 Å². The molecular formula is C18H14F3N3O3. The van der Waals surface area contributed by atoms with E-state index in [2.05, 4.69) is 5.32 Å². The van der Waals surface area contributed by atoms with E-state index in [1.807, 2.05) is 5.32 Å². The lowest BCUT2D eigenvalue weighted by atomic mass is 9.92. The van der Waals surface area contributed by atoms with Crippen LogP contribution >= 0.6 is 0 Å². The third kappa shape index (κ3) is 3.35. The van der Waals surface area contributed by atoms with E-state index in [0.29, 0.717) is 10.5 Å². The van der Waals surface area contributed by atoms with E-state index in [-0.39, 0.29) is 0 Å². The number of rotatable bonds is 4. The summed E-state index contributed by atoms with van der Waals surface area (Å²) in [4.78, 5) is 37.5. The lowest BCUT2D eigenvalue weighted by Crippen LogP contribution is -2.42. The molecule has 9 heteroatoms. The van der Waals surface area contributed by atoms with Gasteiger partial charge in [0.2, 0.25) is 5.91 Å². The SMILES string of the molecule is CC1(c2ccc(F)cc2)NC(=O)N(CC(=O)Nc2c(F)cccc2F)C1=O. The van der Waals surface area contributed by atoms with E-state index >= 15 is 0 Å². The Morgan fingerprint density at radius 1 is 1.07 bits per heavy atom. The molecule has 0 aromatic heterocycles. The smallest absolute Gasteiger partial charge is 0.320 e. The first-order chi connectivity index (χ1) is 12.7. The van der Waals surface area contributed by atoms with Gasteiger partial charge in [0.25, 0.3) is 5.91 Å². The number of carbonyl (C=O) groups excluding carboxylic acids is 3. The van der Waals surface area contributed by atoms with Gasteiger partial charge in [-0.25, -0.2) is 18.0 Å². The van der Waals surface area contributed by atoms with Gasteiger partial charge in [-0.1, -0.05) is 18.2 Å². The fraction of sp³-hybridized carbons (Fsp3) is 0.167. The fourth-order valence-electron chi connectivity index (χ4n) is 2.76. The summed E-state index contributed by atoms with van der Waals surface area (Å²) < 4.78 is 40.3. The first-order valence-corrected chi connectivity index (χ1v) is 7.86. The number of halogens is 3. The minimum absolute atomic E-state index is 0.324. The van der Waals surface area contributed by atoms with Gasteiger partial charge >= 0.3 is 6.03 Å². The Morgan fingerprint density at radius 2 is 1.67 bits per heavy atom. The van der Waals surface area contributed by atoms with Gasteiger partial charge < -0.3 is 10.6 Å². The highest BCUT2D eigenvalue weighted by atomic mass is 19.1. The van der Waals surface area contributed by atoms with Crippen LogP contribution in [0.25, 0.3) is 0 Å². The van der Waals surface area contributed by atoms with E-state index in [4.69, 9.17) is 0 Å². The van der Waals surface area contributed by atoms with Gasteiger partial charge in [-0.15, -0.1) is 0 Å². The van der Waals surface area contributed by atoms with E-state index in [0.717, 1.165) is 30.3 Å². The van der Waals surface area contributed by atoms with Crippen molar-refractivity contribution in [3.8, 4) is 0 Å². The molecule has 0 spiro atoms. The van der Waals surface area contributed by atoms with Crippen molar-refractivity contribution in [3.05, 3.63) is 65.5 Å². The average Bonchev–Trinajstić information content (AvgIpc) is 2.83. The zero-order chi connectivity index (χ0) is 19.8. The highest BCUT2D eigenvalue weighted by Gasteiger charge is 2.49. The topological polar surface area (TPSA) is 78.5 Å². The average molecular weight is 377 g/mol. The largest absolute Gasteiger partial charge is 0.325 e. The van der Waals surface area contributed by atoms with Crippen LogP contribution in [0.3, 0.4) is 0 Å². The van der Waals surface area contributed by atoms with Crippen molar-refractivity contribution in [2.45, 2.75) is 12.5 Å². The molecule has 1 unspecified atom stereocenters. The Kier molecular flexibility index (Phi) is 4.61. The van der Waals surface area contributed by atoms with Crippen molar-refractivity contribution in [3.63, 3.8) is 0 Å². The second-order valence-electron chi connectivity index (χ2n) is 6.10. The van der Waals surface area contributed by atoms with E-state index < -0.39 is 53.1 Å². The van der Waals surface area contributed by atoms with Crippen LogP contribution in [0.2, 0.25) is 0 Å². The normalized spacial score (nSPS) is 19.2. The summed E-state index contributed by atoms with van der Waals surface area (Å²) in [5.41, 5.74) is -1.84. The lowest BCUT2D eigenvalue weighted by Gasteiger charge is -2.22. The number of urea groups is 1. The van der Waals surface area contributed by atoms with Crippen LogP contribution in [0.1, 0.15) is 12.5 Å². The Bertz CT molecular complexity index is 913. The van der Waals surface area contributed by atoms with Crippen molar-refractivity contribution in [1.29, 1.82) is 0 Å². The molecule has 27 heavy (non-hydrogen) atoms. The third-order valence-electron chi connectivity index (χ3n) is 4.23. The summed E-state index contributed by atoms with van der Waals surface area (Å²) in [7, 11) is 0. The first kappa shape index (κ1) is 18.4. The van der Waals surface area contributed by atoms with Gasteiger partial charge in [0.05, 0.1) is 0 Å². The maximum atomic E-state index is 13.6. The molecular weight excluding hydrogens is 363 g/mol. The van der Waals surface area contributed by atoms with Crippen LogP contribution in [0, 0.1) is 17.5 Å². The lowest BCUT2D eigenvalue weighted by molar-refractivity contribution is -0.133. The highest BCUT2D eigenvalue weighted by Crippen LogP contribution is 2.29. The molecule has 4 amide bonds. The maximum Gasteiger partial charge on any atom is 0.325 e. The third-order valence-corrected chi connectivity index (χ3v) is 4.23. The number of benzene rings is 2. The Balaban J connectivity index is 1.77. The number of imide groups is 1. The van der Waals surface area contributed by atoms with Crippen molar-refractivity contribution in [1.82, 2.24) is 10.2 Å². The predicted molar refractivity (Wildman–Crippen MR) is 89.0 cm³/mol. The Morgan fingerprint density at radius 3 is 2.26 bits per heavy atom. The van der Waals surface area contributed by atoms with E-state index in [1.165, 1.54) is 19.1 Å². The van der Waals surface area contributed by atoms with Crippen molar-refractivity contribution in [2.75, 3.05) is 11.9 Å². The van der Waals surface area contributed by atoms with Crippen LogP contribution in [0.4, 0.5) is 23.7 Å². The molecule has 1 fully saturated rings. The van der Waals surface area contributed by atoms with Gasteiger partial charge in [-0.05, 0) is 36.8 Å². The number of nitrogens with zero attached hydrogens (tertiary/aromatic N) is 1. The summed E-state index contributed by atoms with van der Waals surface area (Å²) in [6, 6.07) is 7.14. The molecule has 1 saturated heterocycles. The van der Waals surface area contributed by atoms with Gasteiger partial charge in [0.1, 0.15) is 35.2 Å². The minimum atomic E-state index is -1.49. The molecule has 0 bridgehead atoms. The van der Waals surface area contributed by atoms with Crippen molar-refractivity contribution < 1.29 is 27.6 Å². The van der Waals surface area contributed by atoms with Crippen molar-refractivity contribution in [2.24, 2.45) is 0 Å². The van der Waals surface area contributed by atoms with Crippen LogP contribution in [-0.4, -0.2) is 29.3 Å². The molecule has 1 aliphatic rings. The number of carbonyl (C=O) groups is 3. The number of anilines is 1. The summed E-state index contributed by atoms with van der Waals surface area (Å²) in [5, 5.41) is 4.45. The monoisotopic (exact) mass is 377 g/mol. The van der Waals surface area contributed by atoms with Crippen LogP contribution < -0.4 is 10.6 Å². The molecule has 3 rings (SSSR count). The van der Waals surface area contributed by atoms with E-state index in [9.17, 15) is 27.6 Å². The standard InChI is InChI=1S/C18H14F3N3O3/c1-18(10-5-7-11(19)8-6-10)16(26)24(17(27)23-18)9-14(25)22-15-12(20)3-2-4-13(15)21/h2-8H,9H2,1H3,(H,22,25)(H,23,27). The molecule has 2 N–H and O–H groups in total. The second-order valence-corrected chi connectivity index (χ2v) is 6.10. The predicted octanol–water partition coefficient (Wildman–Crippen LogP) is 2.51. The van der Waals surface area contributed by atoms with Gasteiger partial charge in [0, 0.05) is 0 Å². The molecule has 1 heterocycles. The van der Waals surface area contributed by atoms with Gasteiger partial charge in [-0.3, -0.25) is 14.5 Å². The van der Waals surface area contributed by atoms with Crippen LogP contribution in [0.15, 0.2) is 42.5 Å². The molecule has 0 radical (unpaired) electrons.